The fourth-order valence-corrected chi connectivity index (χ4v) is 2.89. The van der Waals surface area contributed by atoms with E-state index in [4.69, 9.17) is 0 Å². The lowest BCUT2D eigenvalue weighted by atomic mass is 10.3. The average molecular weight is 284 g/mol. The monoisotopic (exact) mass is 284 g/mol. The Morgan fingerprint density at radius 3 is 3.05 bits per heavy atom. The Bertz CT molecular complexity index is 774. The summed E-state index contributed by atoms with van der Waals surface area (Å²) in [6.45, 7) is 0. The maximum atomic E-state index is 12.2. The molecule has 1 fully saturated rings. The van der Waals surface area contributed by atoms with Crippen molar-refractivity contribution in [1.29, 1.82) is 0 Å². The topological polar surface area (TPSA) is 59.3 Å². The van der Waals surface area contributed by atoms with E-state index in [9.17, 15) is 4.79 Å². The first-order chi connectivity index (χ1) is 9.83. The van der Waals surface area contributed by atoms with E-state index in [1.165, 1.54) is 0 Å². The number of carbonyl (C=O) groups is 1. The summed E-state index contributed by atoms with van der Waals surface area (Å²) in [5, 5.41) is 9.32. The lowest BCUT2D eigenvalue weighted by Crippen LogP contribution is -2.25. The molecular weight excluding hydrogens is 272 g/mol. The van der Waals surface area contributed by atoms with Crippen molar-refractivity contribution < 1.29 is 4.79 Å². The van der Waals surface area contributed by atoms with Crippen LogP contribution in [0.25, 0.3) is 16.2 Å². The summed E-state index contributed by atoms with van der Waals surface area (Å²) in [6, 6.07) is 6.27. The van der Waals surface area contributed by atoms with Gasteiger partial charge < -0.3 is 5.32 Å². The minimum atomic E-state index is -0.0849. The second-order valence-electron chi connectivity index (χ2n) is 4.85. The van der Waals surface area contributed by atoms with E-state index < -0.39 is 0 Å². The molecule has 0 radical (unpaired) electrons. The van der Waals surface area contributed by atoms with Crippen LogP contribution in [0.4, 0.5) is 0 Å². The van der Waals surface area contributed by atoms with Gasteiger partial charge in [-0.3, -0.25) is 4.79 Å². The van der Waals surface area contributed by atoms with Gasteiger partial charge in [-0.05, 0) is 30.4 Å². The van der Waals surface area contributed by atoms with E-state index in [0.29, 0.717) is 17.3 Å². The van der Waals surface area contributed by atoms with Crippen LogP contribution in [0.1, 0.15) is 23.2 Å². The van der Waals surface area contributed by atoms with Crippen LogP contribution in [-0.4, -0.2) is 26.5 Å². The number of hydrogen-bond donors (Lipinski definition) is 1. The molecule has 3 aromatic rings. The highest BCUT2D eigenvalue weighted by molar-refractivity contribution is 7.13. The molecule has 0 aliphatic heterocycles. The van der Waals surface area contributed by atoms with E-state index in [-0.39, 0.29) is 5.91 Å². The normalized spacial score (nSPS) is 14.6. The van der Waals surface area contributed by atoms with Crippen molar-refractivity contribution in [3.8, 4) is 10.6 Å². The van der Waals surface area contributed by atoms with Crippen molar-refractivity contribution in [2.45, 2.75) is 18.9 Å². The zero-order valence-electron chi connectivity index (χ0n) is 10.6. The molecule has 0 spiro atoms. The Morgan fingerprint density at radius 2 is 2.30 bits per heavy atom. The fourth-order valence-electron chi connectivity index (χ4n) is 2.15. The Balaban J connectivity index is 1.81. The molecule has 100 valence electrons. The number of carbonyl (C=O) groups excluding carboxylic acids is 1. The van der Waals surface area contributed by atoms with Crippen LogP contribution in [0.3, 0.4) is 0 Å². The molecule has 0 bridgehead atoms. The SMILES string of the molecule is O=C(NC1CC1)c1cnn2c(-c3cccs3)ccnc12. The Labute approximate surface area is 119 Å². The van der Waals surface area contributed by atoms with E-state index in [2.05, 4.69) is 15.4 Å². The van der Waals surface area contributed by atoms with Crippen molar-refractivity contribution in [3.05, 3.63) is 41.5 Å². The van der Waals surface area contributed by atoms with Gasteiger partial charge in [0.15, 0.2) is 5.65 Å². The minimum Gasteiger partial charge on any atom is -0.349 e. The molecule has 0 atom stereocenters. The number of aromatic nitrogens is 3. The van der Waals surface area contributed by atoms with Crippen molar-refractivity contribution in [2.75, 3.05) is 0 Å². The fraction of sp³-hybridized carbons (Fsp3) is 0.214. The van der Waals surface area contributed by atoms with Crippen LogP contribution in [0.2, 0.25) is 0 Å². The van der Waals surface area contributed by atoms with Gasteiger partial charge in [-0.2, -0.15) is 5.10 Å². The van der Waals surface area contributed by atoms with Crippen LogP contribution < -0.4 is 5.32 Å². The molecule has 6 heteroatoms. The van der Waals surface area contributed by atoms with Crippen LogP contribution in [0.5, 0.6) is 0 Å². The van der Waals surface area contributed by atoms with Crippen molar-refractivity contribution >= 4 is 22.9 Å². The summed E-state index contributed by atoms with van der Waals surface area (Å²) >= 11 is 1.64. The van der Waals surface area contributed by atoms with E-state index in [1.54, 1.807) is 28.2 Å². The molecule has 3 aromatic heterocycles. The first-order valence-electron chi connectivity index (χ1n) is 6.50. The summed E-state index contributed by atoms with van der Waals surface area (Å²) in [5.41, 5.74) is 2.10. The smallest absolute Gasteiger partial charge is 0.256 e. The van der Waals surface area contributed by atoms with Gasteiger partial charge in [-0.25, -0.2) is 9.50 Å². The van der Waals surface area contributed by atoms with Gasteiger partial charge in [0.25, 0.3) is 5.91 Å². The molecule has 1 saturated carbocycles. The highest BCUT2D eigenvalue weighted by Gasteiger charge is 2.25. The third-order valence-corrected chi connectivity index (χ3v) is 4.22. The Morgan fingerprint density at radius 1 is 1.40 bits per heavy atom. The van der Waals surface area contributed by atoms with Crippen molar-refractivity contribution in [2.24, 2.45) is 0 Å². The van der Waals surface area contributed by atoms with Gasteiger partial charge in [0.05, 0.1) is 16.8 Å². The third kappa shape index (κ3) is 1.89. The molecule has 20 heavy (non-hydrogen) atoms. The predicted octanol–water partition coefficient (Wildman–Crippen LogP) is 2.35. The van der Waals surface area contributed by atoms with Gasteiger partial charge in [0.2, 0.25) is 0 Å². The number of nitrogens with one attached hydrogen (secondary N) is 1. The van der Waals surface area contributed by atoms with Gasteiger partial charge in [0, 0.05) is 12.2 Å². The molecular formula is C14H12N4OS. The zero-order chi connectivity index (χ0) is 13.5. The van der Waals surface area contributed by atoms with E-state index in [0.717, 1.165) is 23.4 Å². The molecule has 4 rings (SSSR count). The number of rotatable bonds is 3. The first-order valence-corrected chi connectivity index (χ1v) is 7.38. The van der Waals surface area contributed by atoms with Gasteiger partial charge >= 0.3 is 0 Å². The van der Waals surface area contributed by atoms with Crippen LogP contribution >= 0.6 is 11.3 Å². The average Bonchev–Trinajstić information content (AvgIpc) is 2.97. The number of hydrogen-bond acceptors (Lipinski definition) is 4. The molecule has 1 aliphatic rings. The van der Waals surface area contributed by atoms with Gasteiger partial charge in [-0.15, -0.1) is 11.3 Å². The largest absolute Gasteiger partial charge is 0.349 e. The molecule has 1 aliphatic carbocycles. The summed E-state index contributed by atoms with van der Waals surface area (Å²) in [7, 11) is 0. The number of fused-ring (bicyclic) bond motifs is 1. The van der Waals surface area contributed by atoms with Crippen LogP contribution in [0.15, 0.2) is 36.0 Å². The highest BCUT2D eigenvalue weighted by Crippen LogP contribution is 2.25. The molecule has 3 heterocycles. The summed E-state index contributed by atoms with van der Waals surface area (Å²) in [6.07, 6.45) is 5.45. The van der Waals surface area contributed by atoms with E-state index in [1.807, 2.05) is 23.6 Å². The predicted molar refractivity (Wildman–Crippen MR) is 76.8 cm³/mol. The Kier molecular flexibility index (Phi) is 2.56. The maximum Gasteiger partial charge on any atom is 0.256 e. The molecule has 0 saturated heterocycles. The number of nitrogens with zero attached hydrogens (tertiary/aromatic N) is 3. The third-order valence-electron chi connectivity index (χ3n) is 3.33. The minimum absolute atomic E-state index is 0.0849. The number of thiophene rings is 1. The van der Waals surface area contributed by atoms with Gasteiger partial charge in [0.1, 0.15) is 5.56 Å². The first kappa shape index (κ1) is 11.6. The van der Waals surface area contributed by atoms with Crippen molar-refractivity contribution in [1.82, 2.24) is 19.9 Å². The summed E-state index contributed by atoms with van der Waals surface area (Å²) < 4.78 is 1.73. The maximum absolute atomic E-state index is 12.2. The lowest BCUT2D eigenvalue weighted by Gasteiger charge is -2.03. The standard InChI is InChI=1S/C14H12N4OS/c19-14(17-9-3-4-9)10-8-16-18-11(5-6-15-13(10)18)12-2-1-7-20-12/h1-2,5-9H,3-4H2,(H,17,19). The van der Waals surface area contributed by atoms with E-state index >= 15 is 0 Å². The number of amides is 1. The van der Waals surface area contributed by atoms with Gasteiger partial charge in [-0.1, -0.05) is 6.07 Å². The summed E-state index contributed by atoms with van der Waals surface area (Å²) in [4.78, 5) is 17.6. The van der Waals surface area contributed by atoms with Crippen LogP contribution in [-0.2, 0) is 0 Å². The molecule has 1 amide bonds. The second-order valence-corrected chi connectivity index (χ2v) is 5.80. The lowest BCUT2D eigenvalue weighted by molar-refractivity contribution is 0.0952. The molecule has 0 unspecified atom stereocenters. The van der Waals surface area contributed by atoms with Crippen LogP contribution in [0, 0.1) is 0 Å². The second kappa shape index (κ2) is 4.42. The quantitative estimate of drug-likeness (QED) is 0.803. The molecule has 5 nitrogen and oxygen atoms in total. The Hall–Kier alpha value is -2.21. The van der Waals surface area contributed by atoms with Crippen molar-refractivity contribution in [3.63, 3.8) is 0 Å². The molecule has 0 aromatic carbocycles. The highest BCUT2D eigenvalue weighted by atomic mass is 32.1. The summed E-state index contributed by atoms with van der Waals surface area (Å²) in [5.74, 6) is -0.0849. The molecule has 1 N–H and O–H groups in total. The zero-order valence-corrected chi connectivity index (χ0v) is 11.4.